The fourth-order valence-corrected chi connectivity index (χ4v) is 6.87. The summed E-state index contributed by atoms with van der Waals surface area (Å²) < 4.78 is 43.5. The van der Waals surface area contributed by atoms with Crippen molar-refractivity contribution in [1.82, 2.24) is 0 Å². The minimum Gasteiger partial charge on any atom is -0.324 e. The summed E-state index contributed by atoms with van der Waals surface area (Å²) in [5.74, 6) is 0. The molecule has 0 bridgehead atoms. The third-order valence-corrected chi connectivity index (χ3v) is 9.53. The molecule has 0 atom stereocenters. The first-order valence-corrected chi connectivity index (χ1v) is 10.9. The van der Waals surface area contributed by atoms with E-state index in [0.717, 1.165) is 0 Å². The van der Waals surface area contributed by atoms with Gasteiger partial charge in [0.25, 0.3) is 0 Å². The van der Waals surface area contributed by atoms with E-state index in [0.29, 0.717) is 0 Å². The van der Waals surface area contributed by atoms with Crippen LogP contribution in [0.2, 0.25) is 0 Å². The maximum absolute atomic E-state index is 10.9. The molecule has 0 unspecified atom stereocenters. The Kier molecular flexibility index (Phi) is 8.88. The Morgan fingerprint density at radius 3 is 0.800 bits per heavy atom. The molecule has 0 aromatic rings. The van der Waals surface area contributed by atoms with Crippen LogP contribution >= 0.6 is 30.4 Å². The topological polar surface area (TPSA) is 230 Å². The van der Waals surface area contributed by atoms with Crippen LogP contribution in [0.25, 0.3) is 0 Å². The Bertz CT molecular complexity index is 415. The van der Waals surface area contributed by atoms with Gasteiger partial charge in [0.1, 0.15) is 0 Å². The van der Waals surface area contributed by atoms with Crippen LogP contribution in [0.15, 0.2) is 0 Å². The van der Waals surface area contributed by atoms with E-state index in [2.05, 4.69) is 0 Å². The van der Waals surface area contributed by atoms with Gasteiger partial charge in [-0.05, 0) is 6.42 Å². The van der Waals surface area contributed by atoms with Crippen molar-refractivity contribution in [3.8, 4) is 0 Å². The monoisotopic (exact) mass is 387 g/mol. The molecule has 0 saturated carbocycles. The third-order valence-electron chi connectivity index (χ3n) is 1.97. The molecular formula is C3H12NaO12P4+. The smallest absolute Gasteiger partial charge is 0.324 e. The molecule has 0 aliphatic heterocycles. The fourth-order valence-electron chi connectivity index (χ4n) is 1.13. The van der Waals surface area contributed by atoms with E-state index >= 15 is 0 Å². The van der Waals surface area contributed by atoms with E-state index in [1.807, 2.05) is 0 Å². The Balaban J connectivity index is 0. The van der Waals surface area contributed by atoms with Crippen molar-refractivity contribution < 1.29 is 87.0 Å². The Hall–Kier alpha value is 1.60. The van der Waals surface area contributed by atoms with Crippen LogP contribution in [0.1, 0.15) is 6.42 Å². The second-order valence-electron chi connectivity index (χ2n) is 3.55. The molecule has 0 aliphatic carbocycles. The van der Waals surface area contributed by atoms with E-state index in [1.54, 1.807) is 0 Å². The van der Waals surface area contributed by atoms with E-state index in [-0.39, 0.29) is 29.6 Å². The van der Waals surface area contributed by atoms with Crippen LogP contribution in [-0.4, -0.2) is 49.9 Å². The predicted molar refractivity (Wildman–Crippen MR) is 60.4 cm³/mol. The molecular weight excluding hydrogens is 375 g/mol. The second kappa shape index (κ2) is 7.45. The SMILES string of the molecule is O=P(O)(O)C(CC(P(=O)(O)O)P(=O)(O)O)P(=O)(O)O.[Na+]. The molecule has 0 saturated heterocycles. The summed E-state index contributed by atoms with van der Waals surface area (Å²) >= 11 is 0. The molecule has 17 heteroatoms. The van der Waals surface area contributed by atoms with Crippen molar-refractivity contribution in [3.05, 3.63) is 0 Å². The van der Waals surface area contributed by atoms with Gasteiger partial charge >= 0.3 is 59.9 Å². The second-order valence-corrected chi connectivity index (χ2v) is 11.6. The van der Waals surface area contributed by atoms with Gasteiger partial charge in [0.05, 0.1) is 0 Å². The van der Waals surface area contributed by atoms with Gasteiger partial charge in [-0.25, -0.2) is 0 Å². The Labute approximate surface area is 134 Å². The Morgan fingerprint density at radius 1 is 0.550 bits per heavy atom. The number of rotatable bonds is 6. The summed E-state index contributed by atoms with van der Waals surface area (Å²) in [4.78, 5) is 69.7. The van der Waals surface area contributed by atoms with Gasteiger partial charge in [-0.3, -0.25) is 18.3 Å². The van der Waals surface area contributed by atoms with E-state index in [4.69, 9.17) is 39.1 Å². The first-order valence-electron chi connectivity index (χ1n) is 4.18. The first kappa shape index (κ1) is 23.9. The number of hydrogen-bond donors (Lipinski definition) is 8. The molecule has 0 aliphatic rings. The van der Waals surface area contributed by atoms with Crippen molar-refractivity contribution in [1.29, 1.82) is 0 Å². The van der Waals surface area contributed by atoms with E-state index < -0.39 is 47.6 Å². The van der Waals surface area contributed by atoms with Gasteiger partial charge in [0.2, 0.25) is 0 Å². The standard InChI is InChI=1S/C3H12O12P4.Na/c4-16(5,6)2(17(7,8)9)1-3(18(10,11)12)19(13,14)15;/h2-3H,1H2,(H2,4,5,6)(H2,7,8,9)(H2,10,11,12)(H2,13,14,15);/q;+1. The summed E-state index contributed by atoms with van der Waals surface area (Å²) in [6.07, 6.45) is -1.73. The quantitative estimate of drug-likeness (QED) is 0.160. The zero-order valence-electron chi connectivity index (χ0n) is 9.86. The molecule has 20 heavy (non-hydrogen) atoms. The maximum atomic E-state index is 10.9. The molecule has 0 fully saturated rings. The van der Waals surface area contributed by atoms with Gasteiger partial charge in [0.15, 0.2) is 10.8 Å². The average molecular weight is 387 g/mol. The van der Waals surface area contributed by atoms with Gasteiger partial charge in [-0.2, -0.15) is 0 Å². The third kappa shape index (κ3) is 7.74. The van der Waals surface area contributed by atoms with Gasteiger partial charge < -0.3 is 39.1 Å². The van der Waals surface area contributed by atoms with Gasteiger partial charge in [0, 0.05) is 0 Å². The van der Waals surface area contributed by atoms with Crippen LogP contribution in [0.4, 0.5) is 0 Å². The summed E-state index contributed by atoms with van der Waals surface area (Å²) in [5, 5.41) is -5.82. The molecule has 0 heterocycles. The maximum Gasteiger partial charge on any atom is 1.00 e. The molecule has 12 nitrogen and oxygen atoms in total. The molecule has 0 spiro atoms. The van der Waals surface area contributed by atoms with Gasteiger partial charge in [-0.1, -0.05) is 0 Å². The Morgan fingerprint density at radius 2 is 0.700 bits per heavy atom. The van der Waals surface area contributed by atoms with Crippen molar-refractivity contribution >= 4 is 30.4 Å². The fraction of sp³-hybridized carbons (Fsp3) is 1.00. The van der Waals surface area contributed by atoms with Crippen molar-refractivity contribution in [2.24, 2.45) is 0 Å². The van der Waals surface area contributed by atoms with E-state index in [9.17, 15) is 18.3 Å². The van der Waals surface area contributed by atoms with E-state index in [1.165, 1.54) is 0 Å². The summed E-state index contributed by atoms with van der Waals surface area (Å²) in [7, 11) is -22.2. The molecule has 8 N–H and O–H groups in total. The minimum absolute atomic E-state index is 0. The normalized spacial score (nSPS) is 14.5. The van der Waals surface area contributed by atoms with Crippen LogP contribution in [0.5, 0.6) is 0 Å². The molecule has 0 aromatic carbocycles. The first-order chi connectivity index (χ1) is 7.97. The molecule has 0 rings (SSSR count). The summed E-state index contributed by atoms with van der Waals surface area (Å²) in [6, 6.07) is 0. The predicted octanol–water partition coefficient (Wildman–Crippen LogP) is -4.26. The van der Waals surface area contributed by atoms with Crippen LogP contribution in [0, 0.1) is 0 Å². The van der Waals surface area contributed by atoms with Gasteiger partial charge in [-0.15, -0.1) is 0 Å². The van der Waals surface area contributed by atoms with Crippen molar-refractivity contribution in [2.75, 3.05) is 0 Å². The van der Waals surface area contributed by atoms with Crippen LogP contribution in [-0.2, 0) is 18.3 Å². The average Bonchev–Trinajstić information content (AvgIpc) is 1.91. The zero-order chi connectivity index (χ0) is 15.9. The summed E-state index contributed by atoms with van der Waals surface area (Å²) in [5.41, 5.74) is 0. The summed E-state index contributed by atoms with van der Waals surface area (Å²) in [6.45, 7) is 0. The van der Waals surface area contributed by atoms with Crippen LogP contribution < -0.4 is 29.6 Å². The molecule has 0 radical (unpaired) electrons. The molecule has 0 aromatic heterocycles. The molecule has 0 amide bonds. The van der Waals surface area contributed by atoms with Crippen LogP contribution in [0.3, 0.4) is 0 Å². The zero-order valence-corrected chi connectivity index (χ0v) is 15.4. The van der Waals surface area contributed by atoms with Crippen molar-refractivity contribution in [2.45, 2.75) is 17.2 Å². The van der Waals surface area contributed by atoms with Crippen molar-refractivity contribution in [3.63, 3.8) is 0 Å². The number of hydrogen-bond acceptors (Lipinski definition) is 4. The largest absolute Gasteiger partial charge is 1.00 e. The molecule has 116 valence electrons. The minimum atomic E-state index is -5.54.